The van der Waals surface area contributed by atoms with E-state index in [0.29, 0.717) is 25.4 Å². The van der Waals surface area contributed by atoms with Crippen LogP contribution in [0.25, 0.3) is 0 Å². The van der Waals surface area contributed by atoms with Gasteiger partial charge in [0.05, 0.1) is 12.7 Å². The highest BCUT2D eigenvalue weighted by Gasteiger charge is 2.26. The number of amides is 2. The summed E-state index contributed by atoms with van der Waals surface area (Å²) in [4.78, 5) is 31.2. The highest BCUT2D eigenvalue weighted by Crippen LogP contribution is 2.34. The van der Waals surface area contributed by atoms with E-state index in [9.17, 15) is 14.7 Å². The summed E-state index contributed by atoms with van der Waals surface area (Å²) < 4.78 is 5.38. The second kappa shape index (κ2) is 10.7. The predicted molar refractivity (Wildman–Crippen MR) is 135 cm³/mol. The van der Waals surface area contributed by atoms with E-state index in [1.54, 1.807) is 36.1 Å². The molecular weight excluding hydrogens is 430 g/mol. The van der Waals surface area contributed by atoms with Gasteiger partial charge in [0.2, 0.25) is 5.91 Å². The van der Waals surface area contributed by atoms with Crippen LogP contribution in [-0.2, 0) is 17.8 Å². The van der Waals surface area contributed by atoms with Crippen LogP contribution in [0.4, 0.5) is 5.69 Å². The molecule has 7 heteroatoms. The number of carbonyl (C=O) groups excluding carboxylic acids is 2. The molecule has 2 aromatic carbocycles. The molecule has 3 rings (SSSR count). The Labute approximate surface area is 202 Å². The quantitative estimate of drug-likeness (QED) is 0.630. The van der Waals surface area contributed by atoms with Crippen LogP contribution in [0.3, 0.4) is 0 Å². The van der Waals surface area contributed by atoms with Crippen molar-refractivity contribution < 1.29 is 19.4 Å². The Kier molecular flexibility index (Phi) is 7.99. The summed E-state index contributed by atoms with van der Waals surface area (Å²) in [7, 11) is 7.20. The van der Waals surface area contributed by atoms with Gasteiger partial charge in [0, 0.05) is 44.5 Å². The van der Waals surface area contributed by atoms with Crippen molar-refractivity contribution in [1.29, 1.82) is 0 Å². The van der Waals surface area contributed by atoms with Gasteiger partial charge in [0.15, 0.2) is 0 Å². The van der Waals surface area contributed by atoms with E-state index in [2.05, 4.69) is 0 Å². The van der Waals surface area contributed by atoms with Crippen molar-refractivity contribution >= 4 is 17.5 Å². The van der Waals surface area contributed by atoms with E-state index in [1.165, 1.54) is 11.6 Å². The number of phenols is 1. The Morgan fingerprint density at radius 2 is 1.88 bits per heavy atom. The SMILES string of the molecule is COc1cc(O)c(C(=O)N2CCc3ccc(N(C)C(=O)/C=C/CN(C)C)cc3C2)cc1C(C)C. The first-order chi connectivity index (χ1) is 16.1. The Balaban J connectivity index is 1.81. The van der Waals surface area contributed by atoms with Crippen molar-refractivity contribution in [2.24, 2.45) is 0 Å². The minimum absolute atomic E-state index is 0.0827. The second-order valence-corrected chi connectivity index (χ2v) is 9.26. The fourth-order valence-corrected chi connectivity index (χ4v) is 4.08. The van der Waals surface area contributed by atoms with Crippen molar-refractivity contribution in [3.05, 3.63) is 64.7 Å². The van der Waals surface area contributed by atoms with Crippen LogP contribution in [-0.4, -0.2) is 68.1 Å². The summed E-state index contributed by atoms with van der Waals surface area (Å²) in [6.07, 6.45) is 4.13. The molecule has 1 aliphatic rings. The van der Waals surface area contributed by atoms with Crippen LogP contribution in [0.2, 0.25) is 0 Å². The maximum Gasteiger partial charge on any atom is 0.257 e. The molecule has 7 nitrogen and oxygen atoms in total. The molecule has 1 heterocycles. The number of methoxy groups -OCH3 is 1. The first-order valence-electron chi connectivity index (χ1n) is 11.5. The van der Waals surface area contributed by atoms with Gasteiger partial charge in [-0.15, -0.1) is 0 Å². The fourth-order valence-electron chi connectivity index (χ4n) is 4.08. The second-order valence-electron chi connectivity index (χ2n) is 9.26. The van der Waals surface area contributed by atoms with Crippen LogP contribution in [0.15, 0.2) is 42.5 Å². The summed E-state index contributed by atoms with van der Waals surface area (Å²) in [5, 5.41) is 10.5. The standard InChI is InChI=1S/C27H35N3O4/c1-18(2)22-15-23(24(31)16-25(22)34-6)27(33)30-13-11-19-9-10-21(14-20(19)17-30)29(5)26(32)8-7-12-28(3)4/h7-10,14-16,18,31H,11-13,17H2,1-6H3/b8-7+. The molecule has 0 aliphatic carbocycles. The van der Waals surface area contributed by atoms with Crippen molar-refractivity contribution in [1.82, 2.24) is 9.80 Å². The molecule has 0 radical (unpaired) electrons. The fraction of sp³-hybridized carbons (Fsp3) is 0.407. The third kappa shape index (κ3) is 5.59. The molecule has 0 unspecified atom stereocenters. The molecule has 0 aromatic heterocycles. The van der Waals surface area contributed by atoms with E-state index in [0.717, 1.165) is 23.2 Å². The van der Waals surface area contributed by atoms with Gasteiger partial charge in [0.1, 0.15) is 11.5 Å². The van der Waals surface area contributed by atoms with Gasteiger partial charge in [0.25, 0.3) is 5.91 Å². The molecule has 2 amide bonds. The van der Waals surface area contributed by atoms with Crippen LogP contribution < -0.4 is 9.64 Å². The molecule has 0 saturated carbocycles. The third-order valence-electron chi connectivity index (χ3n) is 6.14. The Morgan fingerprint density at radius 3 is 2.53 bits per heavy atom. The predicted octanol–water partition coefficient (Wildman–Crippen LogP) is 3.80. The van der Waals surface area contributed by atoms with Crippen molar-refractivity contribution in [2.45, 2.75) is 32.7 Å². The van der Waals surface area contributed by atoms with Crippen LogP contribution >= 0.6 is 0 Å². The zero-order valence-electron chi connectivity index (χ0n) is 21.0. The Bertz CT molecular complexity index is 1090. The average molecular weight is 466 g/mol. The first-order valence-corrected chi connectivity index (χ1v) is 11.5. The molecule has 1 N–H and O–H groups in total. The highest BCUT2D eigenvalue weighted by molar-refractivity contribution is 6.01. The van der Waals surface area contributed by atoms with Crippen LogP contribution in [0.1, 0.15) is 46.8 Å². The summed E-state index contributed by atoms with van der Waals surface area (Å²) in [5.41, 5.74) is 4.11. The largest absolute Gasteiger partial charge is 0.507 e. The third-order valence-corrected chi connectivity index (χ3v) is 6.14. The Hall–Kier alpha value is -3.32. The molecule has 182 valence electrons. The number of hydrogen-bond donors (Lipinski definition) is 1. The van der Waals surface area contributed by atoms with Crippen molar-refractivity contribution in [3.63, 3.8) is 0 Å². The number of carbonyl (C=O) groups is 2. The monoisotopic (exact) mass is 465 g/mol. The molecule has 0 spiro atoms. The highest BCUT2D eigenvalue weighted by atomic mass is 16.5. The van der Waals surface area contributed by atoms with E-state index >= 15 is 0 Å². The minimum Gasteiger partial charge on any atom is -0.507 e. The summed E-state index contributed by atoms with van der Waals surface area (Å²) in [6, 6.07) is 9.20. The number of benzene rings is 2. The van der Waals surface area contributed by atoms with Crippen LogP contribution in [0.5, 0.6) is 11.5 Å². The minimum atomic E-state index is -0.214. The van der Waals surface area contributed by atoms with Crippen molar-refractivity contribution in [2.75, 3.05) is 46.2 Å². The summed E-state index contributed by atoms with van der Waals surface area (Å²) >= 11 is 0. The molecule has 0 saturated heterocycles. The maximum absolute atomic E-state index is 13.4. The van der Waals surface area contributed by atoms with Gasteiger partial charge >= 0.3 is 0 Å². The number of phenolic OH excluding ortho intramolecular Hbond substituents is 1. The number of hydrogen-bond acceptors (Lipinski definition) is 5. The topological polar surface area (TPSA) is 73.3 Å². The molecule has 1 aliphatic heterocycles. The average Bonchev–Trinajstić information content (AvgIpc) is 2.81. The maximum atomic E-state index is 13.4. The van der Waals surface area contributed by atoms with Gasteiger partial charge in [-0.05, 0) is 61.3 Å². The number of anilines is 1. The Morgan fingerprint density at radius 1 is 1.15 bits per heavy atom. The summed E-state index contributed by atoms with van der Waals surface area (Å²) in [6.45, 7) is 5.72. The zero-order valence-corrected chi connectivity index (χ0v) is 21.0. The smallest absolute Gasteiger partial charge is 0.257 e. The van der Waals surface area contributed by atoms with Crippen molar-refractivity contribution in [3.8, 4) is 11.5 Å². The number of fused-ring (bicyclic) bond motifs is 1. The number of nitrogens with zero attached hydrogens (tertiary/aromatic N) is 3. The molecular formula is C27H35N3O4. The number of rotatable bonds is 7. The summed E-state index contributed by atoms with van der Waals surface area (Å²) in [5.74, 6) is 0.321. The van der Waals surface area contributed by atoms with Gasteiger partial charge in [-0.1, -0.05) is 26.0 Å². The molecule has 0 fully saturated rings. The van der Waals surface area contributed by atoms with Crippen LogP contribution in [0, 0.1) is 0 Å². The first kappa shape index (κ1) is 25.3. The lowest BCUT2D eigenvalue weighted by Crippen LogP contribution is -2.36. The van der Waals surface area contributed by atoms with Gasteiger partial charge < -0.3 is 24.5 Å². The molecule has 2 aromatic rings. The van der Waals surface area contributed by atoms with E-state index < -0.39 is 0 Å². The number of ether oxygens (including phenoxy) is 1. The van der Waals surface area contributed by atoms with E-state index in [4.69, 9.17) is 4.74 Å². The van der Waals surface area contributed by atoms with E-state index in [1.807, 2.05) is 57.1 Å². The van der Waals surface area contributed by atoms with Gasteiger partial charge in [-0.25, -0.2) is 0 Å². The lowest BCUT2D eigenvalue weighted by Gasteiger charge is -2.30. The van der Waals surface area contributed by atoms with E-state index in [-0.39, 0.29) is 29.0 Å². The van der Waals surface area contributed by atoms with Gasteiger partial charge in [-0.2, -0.15) is 0 Å². The molecule has 34 heavy (non-hydrogen) atoms. The molecule has 0 bridgehead atoms. The lowest BCUT2D eigenvalue weighted by molar-refractivity contribution is -0.113. The lowest BCUT2D eigenvalue weighted by atomic mass is 9.96. The zero-order chi connectivity index (χ0) is 25.0. The number of aromatic hydroxyl groups is 1. The normalized spacial score (nSPS) is 13.5. The molecule has 0 atom stereocenters. The number of likely N-dealkylation sites (N-methyl/N-ethyl adjacent to an activating group) is 2. The van der Waals surface area contributed by atoms with Gasteiger partial charge in [-0.3, -0.25) is 9.59 Å².